The van der Waals surface area contributed by atoms with Gasteiger partial charge < -0.3 is 20.9 Å². The van der Waals surface area contributed by atoms with Crippen LogP contribution in [0.3, 0.4) is 0 Å². The monoisotopic (exact) mass is 384 g/mol. The third-order valence-electron chi connectivity index (χ3n) is 4.30. The van der Waals surface area contributed by atoms with E-state index in [-0.39, 0.29) is 12.8 Å². The Kier molecular flexibility index (Phi) is 6.76. The summed E-state index contributed by atoms with van der Waals surface area (Å²) in [7, 11) is 0. The molecule has 0 heterocycles. The highest BCUT2D eigenvalue weighted by Crippen LogP contribution is 2.28. The van der Waals surface area contributed by atoms with E-state index in [1.165, 1.54) is 0 Å². The maximum Gasteiger partial charge on any atom is 0.408 e. The third-order valence-corrected chi connectivity index (χ3v) is 4.30. The number of carbonyl (C=O) groups excluding carboxylic acids is 2. The first kappa shape index (κ1) is 21.0. The van der Waals surface area contributed by atoms with Gasteiger partial charge in [0, 0.05) is 6.42 Å². The molecular formula is C21H24N2O5. The maximum atomic E-state index is 12.2. The molecule has 2 aromatic rings. The average Bonchev–Trinajstić information content (AvgIpc) is 2.65. The zero-order chi connectivity index (χ0) is 20.7. The molecule has 0 aromatic heterocycles. The van der Waals surface area contributed by atoms with Crippen LogP contribution < -0.4 is 11.1 Å². The fraction of sp³-hybridized carbons (Fsp3) is 0.286. The van der Waals surface area contributed by atoms with Crippen LogP contribution in [0.15, 0.2) is 54.6 Å². The molecule has 0 saturated carbocycles. The van der Waals surface area contributed by atoms with Crippen molar-refractivity contribution in [3.63, 3.8) is 0 Å². The Balaban J connectivity index is 2.04. The number of primary amides is 1. The van der Waals surface area contributed by atoms with Gasteiger partial charge in [-0.3, -0.25) is 4.79 Å². The van der Waals surface area contributed by atoms with E-state index in [0.717, 1.165) is 16.7 Å². The summed E-state index contributed by atoms with van der Waals surface area (Å²) in [5.74, 6) is -1.90. The van der Waals surface area contributed by atoms with Crippen LogP contribution in [-0.2, 0) is 19.9 Å². The number of nitrogens with two attached hydrogens (primary N) is 1. The van der Waals surface area contributed by atoms with Crippen LogP contribution in [0.4, 0.5) is 4.79 Å². The quantitative estimate of drug-likeness (QED) is 0.646. The summed E-state index contributed by atoms with van der Waals surface area (Å²) in [4.78, 5) is 34.2. The second-order valence-electron chi connectivity index (χ2n) is 6.88. The van der Waals surface area contributed by atoms with Crippen molar-refractivity contribution in [3.05, 3.63) is 60.2 Å². The molecule has 0 aliphatic carbocycles. The van der Waals surface area contributed by atoms with Crippen LogP contribution in [0.2, 0.25) is 0 Å². The number of ether oxygens (including phenoxy) is 1. The first-order chi connectivity index (χ1) is 13.2. The molecule has 28 heavy (non-hydrogen) atoms. The molecule has 7 heteroatoms. The fourth-order valence-corrected chi connectivity index (χ4v) is 2.70. The van der Waals surface area contributed by atoms with Gasteiger partial charge in [-0.2, -0.15) is 0 Å². The van der Waals surface area contributed by atoms with E-state index in [0.29, 0.717) is 0 Å². The zero-order valence-electron chi connectivity index (χ0n) is 15.8. The molecule has 2 aromatic carbocycles. The van der Waals surface area contributed by atoms with Crippen molar-refractivity contribution in [2.75, 3.05) is 0 Å². The second kappa shape index (κ2) is 9.03. The van der Waals surface area contributed by atoms with Crippen LogP contribution in [0.5, 0.6) is 0 Å². The number of rotatable bonds is 8. The molecule has 0 unspecified atom stereocenters. The molecule has 0 saturated heterocycles. The van der Waals surface area contributed by atoms with E-state index in [2.05, 4.69) is 5.32 Å². The van der Waals surface area contributed by atoms with E-state index >= 15 is 0 Å². The predicted octanol–water partition coefficient (Wildman–Crippen LogP) is 3.03. The van der Waals surface area contributed by atoms with Crippen molar-refractivity contribution in [2.24, 2.45) is 5.73 Å². The highest BCUT2D eigenvalue weighted by Gasteiger charge is 2.28. The second-order valence-corrected chi connectivity index (χ2v) is 6.88. The molecule has 7 nitrogen and oxygen atoms in total. The first-order valence-corrected chi connectivity index (χ1v) is 8.85. The van der Waals surface area contributed by atoms with Gasteiger partial charge >= 0.3 is 12.1 Å². The lowest BCUT2D eigenvalue weighted by Gasteiger charge is -2.27. The number of hydrogen-bond donors (Lipinski definition) is 3. The van der Waals surface area contributed by atoms with Crippen molar-refractivity contribution >= 4 is 18.0 Å². The number of alkyl carbamates (subject to hydrolysis) is 1. The summed E-state index contributed by atoms with van der Waals surface area (Å²) >= 11 is 0. The Labute approximate surface area is 163 Å². The molecule has 0 aliphatic heterocycles. The molecule has 2 rings (SSSR count). The summed E-state index contributed by atoms with van der Waals surface area (Å²) in [6.45, 7) is 3.42. The minimum atomic E-state index is -1.26. The maximum absolute atomic E-state index is 12.2. The van der Waals surface area contributed by atoms with Crippen molar-refractivity contribution in [1.29, 1.82) is 0 Å². The van der Waals surface area contributed by atoms with Gasteiger partial charge in [-0.05, 0) is 37.0 Å². The van der Waals surface area contributed by atoms with Crippen LogP contribution in [0.1, 0.15) is 32.3 Å². The molecule has 0 radical (unpaired) electrons. The van der Waals surface area contributed by atoms with E-state index in [9.17, 15) is 14.4 Å². The highest BCUT2D eigenvalue weighted by atomic mass is 16.6. The fourth-order valence-electron chi connectivity index (χ4n) is 2.70. The van der Waals surface area contributed by atoms with Crippen molar-refractivity contribution in [2.45, 2.75) is 38.3 Å². The summed E-state index contributed by atoms with van der Waals surface area (Å²) < 4.78 is 5.43. The summed E-state index contributed by atoms with van der Waals surface area (Å²) in [5.41, 5.74) is 6.91. The highest BCUT2D eigenvalue weighted by molar-refractivity contribution is 5.81. The SMILES string of the molecule is CC(C)(OC(=O)N[C@@H](CCC(N)=O)C(=O)O)c1ccc(-c2ccccc2)cc1. The van der Waals surface area contributed by atoms with Gasteiger partial charge in [-0.1, -0.05) is 54.6 Å². The largest absolute Gasteiger partial charge is 0.480 e. The normalized spacial score (nSPS) is 12.1. The topological polar surface area (TPSA) is 119 Å². The van der Waals surface area contributed by atoms with Crippen LogP contribution >= 0.6 is 0 Å². The first-order valence-electron chi connectivity index (χ1n) is 8.85. The van der Waals surface area contributed by atoms with E-state index in [1.807, 2.05) is 54.6 Å². The van der Waals surface area contributed by atoms with Crippen LogP contribution in [0, 0.1) is 0 Å². The number of benzene rings is 2. The lowest BCUT2D eigenvalue weighted by molar-refractivity contribution is -0.139. The Hall–Kier alpha value is -3.35. The number of aliphatic carboxylic acids is 1. The number of carbonyl (C=O) groups is 3. The molecule has 0 spiro atoms. The number of carboxylic acid groups (broad SMARTS) is 1. The Morgan fingerprint density at radius 1 is 1.04 bits per heavy atom. The van der Waals surface area contributed by atoms with Gasteiger partial charge in [0.25, 0.3) is 0 Å². The summed E-state index contributed by atoms with van der Waals surface area (Å²) in [6.07, 6.45) is -1.14. The molecule has 4 N–H and O–H groups in total. The summed E-state index contributed by atoms with van der Waals surface area (Å²) in [6, 6.07) is 16.2. The molecule has 0 aliphatic rings. The number of hydrogen-bond acceptors (Lipinski definition) is 4. The number of nitrogens with one attached hydrogen (secondary N) is 1. The predicted molar refractivity (Wildman–Crippen MR) is 104 cm³/mol. The Bertz CT molecular complexity index is 832. The molecular weight excluding hydrogens is 360 g/mol. The Morgan fingerprint density at radius 3 is 2.14 bits per heavy atom. The van der Waals surface area contributed by atoms with Crippen molar-refractivity contribution in [1.82, 2.24) is 5.32 Å². The van der Waals surface area contributed by atoms with Crippen molar-refractivity contribution < 1.29 is 24.2 Å². The lowest BCUT2D eigenvalue weighted by Crippen LogP contribution is -2.43. The van der Waals surface area contributed by atoms with Gasteiger partial charge in [0.05, 0.1) is 0 Å². The van der Waals surface area contributed by atoms with E-state index < -0.39 is 29.6 Å². The van der Waals surface area contributed by atoms with Gasteiger partial charge in [0.15, 0.2) is 0 Å². The molecule has 0 bridgehead atoms. The summed E-state index contributed by atoms with van der Waals surface area (Å²) in [5, 5.41) is 11.4. The van der Waals surface area contributed by atoms with Gasteiger partial charge in [-0.25, -0.2) is 9.59 Å². The third kappa shape index (κ3) is 5.84. The smallest absolute Gasteiger partial charge is 0.408 e. The standard InChI is InChI=1S/C21H24N2O5/c1-21(2,28-20(27)23-17(19(25)26)12-13-18(22)24)16-10-8-15(9-11-16)14-6-4-3-5-7-14/h3-11,17H,12-13H2,1-2H3,(H2,22,24)(H,23,27)(H,25,26)/t17-/m0/s1. The molecule has 2 amide bonds. The number of carboxylic acids is 1. The minimum absolute atomic E-state index is 0.105. The van der Waals surface area contributed by atoms with E-state index in [1.54, 1.807) is 13.8 Å². The van der Waals surface area contributed by atoms with Gasteiger partial charge in [-0.15, -0.1) is 0 Å². The molecule has 148 valence electrons. The molecule has 1 atom stereocenters. The van der Waals surface area contributed by atoms with E-state index in [4.69, 9.17) is 15.6 Å². The zero-order valence-corrected chi connectivity index (χ0v) is 15.8. The minimum Gasteiger partial charge on any atom is -0.480 e. The van der Waals surface area contributed by atoms with Crippen molar-refractivity contribution in [3.8, 4) is 11.1 Å². The van der Waals surface area contributed by atoms with Gasteiger partial charge in [0.1, 0.15) is 11.6 Å². The number of amides is 2. The van der Waals surface area contributed by atoms with Crippen LogP contribution in [0.25, 0.3) is 11.1 Å². The van der Waals surface area contributed by atoms with Gasteiger partial charge in [0.2, 0.25) is 5.91 Å². The lowest BCUT2D eigenvalue weighted by atomic mass is 9.95. The van der Waals surface area contributed by atoms with Crippen LogP contribution in [-0.4, -0.2) is 29.1 Å². The Morgan fingerprint density at radius 2 is 1.61 bits per heavy atom. The average molecular weight is 384 g/mol. The molecule has 0 fully saturated rings.